The van der Waals surface area contributed by atoms with E-state index in [1.165, 1.54) is 21.6 Å². The summed E-state index contributed by atoms with van der Waals surface area (Å²) in [6.45, 7) is 2.14. The fourth-order valence-corrected chi connectivity index (χ4v) is 4.21. The molecule has 0 radical (unpaired) electrons. The molecule has 0 fully saturated rings. The van der Waals surface area contributed by atoms with E-state index in [2.05, 4.69) is 67.8 Å². The number of nitrogens with one attached hydrogen (secondary N) is 1. The molecule has 2 heteroatoms. The van der Waals surface area contributed by atoms with E-state index in [0.717, 1.165) is 6.42 Å². The van der Waals surface area contributed by atoms with Crippen molar-refractivity contribution in [2.24, 2.45) is 0 Å². The zero-order valence-corrected chi connectivity index (χ0v) is 12.2. The SMILES string of the molecule is CNC(c1ccc(C)cc1)C1Cc2ccccc2S1. The van der Waals surface area contributed by atoms with Crippen LogP contribution in [0.1, 0.15) is 22.7 Å². The van der Waals surface area contributed by atoms with Gasteiger partial charge in [-0.3, -0.25) is 0 Å². The van der Waals surface area contributed by atoms with Gasteiger partial charge in [0.25, 0.3) is 0 Å². The first-order valence-corrected chi connectivity index (χ1v) is 7.64. The molecule has 98 valence electrons. The van der Waals surface area contributed by atoms with Gasteiger partial charge in [0.2, 0.25) is 0 Å². The number of rotatable bonds is 3. The Morgan fingerprint density at radius 2 is 1.84 bits per heavy atom. The Morgan fingerprint density at radius 1 is 1.11 bits per heavy atom. The van der Waals surface area contributed by atoms with E-state index in [-0.39, 0.29) is 0 Å². The number of hydrogen-bond donors (Lipinski definition) is 1. The van der Waals surface area contributed by atoms with Crippen molar-refractivity contribution in [1.29, 1.82) is 0 Å². The van der Waals surface area contributed by atoms with Gasteiger partial charge in [-0.05, 0) is 37.6 Å². The highest BCUT2D eigenvalue weighted by atomic mass is 32.2. The quantitative estimate of drug-likeness (QED) is 0.904. The maximum Gasteiger partial charge on any atom is 0.0444 e. The molecule has 1 nitrogen and oxygen atoms in total. The van der Waals surface area contributed by atoms with E-state index in [9.17, 15) is 0 Å². The molecule has 0 aromatic heterocycles. The lowest BCUT2D eigenvalue weighted by molar-refractivity contribution is 0.568. The number of hydrogen-bond acceptors (Lipinski definition) is 2. The monoisotopic (exact) mass is 269 g/mol. The fourth-order valence-electron chi connectivity index (χ4n) is 2.74. The second-order valence-corrected chi connectivity index (χ2v) is 6.43. The van der Waals surface area contributed by atoms with E-state index in [0.29, 0.717) is 11.3 Å². The Kier molecular flexibility index (Phi) is 3.63. The number of fused-ring (bicyclic) bond motifs is 1. The highest BCUT2D eigenvalue weighted by molar-refractivity contribution is 8.00. The Balaban J connectivity index is 1.83. The van der Waals surface area contributed by atoms with E-state index in [1.807, 2.05) is 11.8 Å². The number of thioether (sulfide) groups is 1. The molecule has 3 rings (SSSR count). The van der Waals surface area contributed by atoms with Crippen molar-refractivity contribution in [2.45, 2.75) is 29.5 Å². The molecule has 1 aliphatic heterocycles. The summed E-state index contributed by atoms with van der Waals surface area (Å²) in [6, 6.07) is 18.1. The van der Waals surface area contributed by atoms with Gasteiger partial charge < -0.3 is 5.32 Å². The molecule has 0 spiro atoms. The normalized spacial score (nSPS) is 19.2. The first kappa shape index (κ1) is 12.8. The van der Waals surface area contributed by atoms with Crippen LogP contribution in [-0.2, 0) is 6.42 Å². The molecular weight excluding hydrogens is 250 g/mol. The zero-order chi connectivity index (χ0) is 13.2. The molecule has 2 aromatic carbocycles. The van der Waals surface area contributed by atoms with Crippen molar-refractivity contribution in [3.63, 3.8) is 0 Å². The second kappa shape index (κ2) is 5.40. The average molecular weight is 269 g/mol. The maximum atomic E-state index is 3.49. The van der Waals surface area contributed by atoms with Crippen LogP contribution in [0.3, 0.4) is 0 Å². The molecule has 0 bridgehead atoms. The molecule has 2 unspecified atom stereocenters. The van der Waals surface area contributed by atoms with Gasteiger partial charge in [-0.1, -0.05) is 48.0 Å². The van der Waals surface area contributed by atoms with Crippen molar-refractivity contribution < 1.29 is 0 Å². The highest BCUT2D eigenvalue weighted by Crippen LogP contribution is 2.42. The molecule has 1 N–H and O–H groups in total. The van der Waals surface area contributed by atoms with Crippen molar-refractivity contribution in [2.75, 3.05) is 7.05 Å². The highest BCUT2D eigenvalue weighted by Gasteiger charge is 2.29. The van der Waals surface area contributed by atoms with Gasteiger partial charge in [-0.2, -0.15) is 0 Å². The van der Waals surface area contributed by atoms with Crippen molar-refractivity contribution in [3.05, 3.63) is 65.2 Å². The van der Waals surface area contributed by atoms with Crippen LogP contribution in [0.2, 0.25) is 0 Å². The molecule has 2 atom stereocenters. The van der Waals surface area contributed by atoms with Gasteiger partial charge in [0.05, 0.1) is 0 Å². The summed E-state index contributed by atoms with van der Waals surface area (Å²) in [6.07, 6.45) is 1.15. The van der Waals surface area contributed by atoms with Gasteiger partial charge in [-0.15, -0.1) is 11.8 Å². The van der Waals surface area contributed by atoms with E-state index in [4.69, 9.17) is 0 Å². The minimum atomic E-state index is 0.415. The van der Waals surface area contributed by atoms with Gasteiger partial charge in [0.15, 0.2) is 0 Å². The summed E-state index contributed by atoms with van der Waals surface area (Å²) < 4.78 is 0. The van der Waals surface area contributed by atoms with Crippen LogP contribution in [-0.4, -0.2) is 12.3 Å². The molecule has 1 heterocycles. The van der Waals surface area contributed by atoms with Crippen molar-refractivity contribution >= 4 is 11.8 Å². The van der Waals surface area contributed by atoms with Crippen LogP contribution in [0.5, 0.6) is 0 Å². The van der Waals surface area contributed by atoms with E-state index >= 15 is 0 Å². The van der Waals surface area contributed by atoms with Gasteiger partial charge in [0, 0.05) is 16.2 Å². The molecule has 0 saturated carbocycles. The van der Waals surface area contributed by atoms with Gasteiger partial charge in [0.1, 0.15) is 0 Å². The molecule has 2 aromatic rings. The molecule has 19 heavy (non-hydrogen) atoms. The van der Waals surface area contributed by atoms with Crippen LogP contribution in [0.25, 0.3) is 0 Å². The average Bonchev–Trinajstić information content (AvgIpc) is 2.85. The summed E-state index contributed by atoms with van der Waals surface area (Å²) in [5.74, 6) is 0. The largest absolute Gasteiger partial charge is 0.312 e. The Morgan fingerprint density at radius 3 is 2.53 bits per heavy atom. The topological polar surface area (TPSA) is 12.0 Å². The van der Waals surface area contributed by atoms with Crippen LogP contribution >= 0.6 is 11.8 Å². The minimum absolute atomic E-state index is 0.415. The van der Waals surface area contributed by atoms with Crippen LogP contribution in [0.15, 0.2) is 53.4 Å². The van der Waals surface area contributed by atoms with Crippen LogP contribution < -0.4 is 5.32 Å². The summed E-state index contributed by atoms with van der Waals surface area (Å²) in [5.41, 5.74) is 4.20. The maximum absolute atomic E-state index is 3.49. The minimum Gasteiger partial charge on any atom is -0.312 e. The second-order valence-electron chi connectivity index (χ2n) is 5.15. The van der Waals surface area contributed by atoms with Gasteiger partial charge in [-0.25, -0.2) is 0 Å². The summed E-state index contributed by atoms with van der Waals surface area (Å²) in [5, 5.41) is 4.08. The first-order chi connectivity index (χ1) is 9.28. The Hall–Kier alpha value is -1.25. The zero-order valence-electron chi connectivity index (χ0n) is 11.4. The lowest BCUT2D eigenvalue weighted by Crippen LogP contribution is -2.27. The smallest absolute Gasteiger partial charge is 0.0444 e. The molecule has 0 amide bonds. The Bertz CT molecular complexity index is 537. The molecule has 0 saturated heterocycles. The summed E-state index contributed by atoms with van der Waals surface area (Å²) in [4.78, 5) is 1.44. The summed E-state index contributed by atoms with van der Waals surface area (Å²) in [7, 11) is 2.06. The number of benzene rings is 2. The number of aryl methyl sites for hydroxylation is 1. The van der Waals surface area contributed by atoms with Crippen molar-refractivity contribution in [1.82, 2.24) is 5.32 Å². The van der Waals surface area contributed by atoms with Gasteiger partial charge >= 0.3 is 0 Å². The van der Waals surface area contributed by atoms with E-state index < -0.39 is 0 Å². The van der Waals surface area contributed by atoms with Crippen LogP contribution in [0.4, 0.5) is 0 Å². The Labute approximate surface area is 119 Å². The summed E-state index contributed by atoms with van der Waals surface area (Å²) >= 11 is 2.01. The molecular formula is C17H19NS. The van der Waals surface area contributed by atoms with E-state index in [1.54, 1.807) is 0 Å². The van der Waals surface area contributed by atoms with Crippen LogP contribution in [0, 0.1) is 6.92 Å². The standard InChI is InChI=1S/C17H19NS/c1-12-7-9-13(10-8-12)17(18-2)16-11-14-5-3-4-6-15(14)19-16/h3-10,16-18H,11H2,1-2H3. The fraction of sp³-hybridized carbons (Fsp3) is 0.294. The lowest BCUT2D eigenvalue weighted by Gasteiger charge is -2.23. The third-order valence-electron chi connectivity index (χ3n) is 3.79. The third kappa shape index (κ3) is 2.56. The van der Waals surface area contributed by atoms with Crippen molar-refractivity contribution in [3.8, 4) is 0 Å². The first-order valence-electron chi connectivity index (χ1n) is 6.76. The predicted molar refractivity (Wildman–Crippen MR) is 82.8 cm³/mol. The third-order valence-corrected chi connectivity index (χ3v) is 5.19. The lowest BCUT2D eigenvalue weighted by atomic mass is 9.98. The molecule has 0 aliphatic carbocycles. The molecule has 1 aliphatic rings. The predicted octanol–water partition coefficient (Wildman–Crippen LogP) is 3.97.